The van der Waals surface area contributed by atoms with E-state index in [0.717, 1.165) is 12.0 Å². The van der Waals surface area contributed by atoms with Crippen molar-refractivity contribution in [2.75, 3.05) is 0 Å². The van der Waals surface area contributed by atoms with Gasteiger partial charge < -0.3 is 9.47 Å². The van der Waals surface area contributed by atoms with Crippen molar-refractivity contribution in [2.45, 2.75) is 99.2 Å². The van der Waals surface area contributed by atoms with Gasteiger partial charge in [-0.05, 0) is 30.4 Å². The van der Waals surface area contributed by atoms with Gasteiger partial charge in [0.2, 0.25) is 0 Å². The fraction of sp³-hybridized carbons (Fsp3) is 0.667. The third-order valence-corrected chi connectivity index (χ3v) is 4.54. The minimum atomic E-state index is -1.16. The van der Waals surface area contributed by atoms with Crippen molar-refractivity contribution < 1.29 is 19.1 Å². The highest BCUT2D eigenvalue weighted by Crippen LogP contribution is 2.25. The topological polar surface area (TPSA) is 52.6 Å². The lowest BCUT2D eigenvalue weighted by Gasteiger charge is -2.32. The summed E-state index contributed by atoms with van der Waals surface area (Å²) in [5.74, 6) is -3.03. The summed E-state index contributed by atoms with van der Waals surface area (Å²) in [4.78, 5) is 24.0. The van der Waals surface area contributed by atoms with E-state index < -0.39 is 23.6 Å². The van der Waals surface area contributed by atoms with Gasteiger partial charge >= 0.3 is 11.9 Å². The molecule has 0 bridgehead atoms. The lowest BCUT2D eigenvalue weighted by molar-refractivity contribution is -0.239. The van der Waals surface area contributed by atoms with E-state index in [9.17, 15) is 9.59 Å². The summed E-state index contributed by atoms with van der Waals surface area (Å²) in [6, 6.07) is 8.16. The van der Waals surface area contributed by atoms with Gasteiger partial charge in [-0.3, -0.25) is 9.59 Å². The fourth-order valence-electron chi connectivity index (χ4n) is 3.10. The molecular weight excluding hydrogens is 352 g/mol. The molecule has 4 heteroatoms. The predicted octanol–water partition coefficient (Wildman–Crippen LogP) is 6.25. The Labute approximate surface area is 172 Å². The molecular formula is C24H40O4. The Morgan fingerprint density at radius 1 is 0.821 bits per heavy atom. The van der Waals surface area contributed by atoms with E-state index in [4.69, 9.17) is 9.47 Å². The predicted molar refractivity (Wildman–Crippen MR) is 115 cm³/mol. The van der Waals surface area contributed by atoms with Crippen molar-refractivity contribution in [3.05, 3.63) is 35.4 Å². The van der Waals surface area contributed by atoms with Crippen molar-refractivity contribution >= 4 is 11.9 Å². The normalized spacial score (nSPS) is 15.6. The van der Waals surface area contributed by atoms with Crippen LogP contribution in [0.15, 0.2) is 24.3 Å². The number of rotatable bonds is 9. The summed E-state index contributed by atoms with van der Waals surface area (Å²) in [7, 11) is 0. The molecule has 1 fully saturated rings. The van der Waals surface area contributed by atoms with Gasteiger partial charge in [0, 0.05) is 13.8 Å². The molecule has 1 aromatic rings. The van der Waals surface area contributed by atoms with Gasteiger partial charge in [-0.15, -0.1) is 0 Å². The maximum Gasteiger partial charge on any atom is 0.323 e. The van der Waals surface area contributed by atoms with Gasteiger partial charge in [-0.1, -0.05) is 84.6 Å². The van der Waals surface area contributed by atoms with Crippen LogP contribution < -0.4 is 0 Å². The molecule has 0 aromatic heterocycles. The molecule has 28 heavy (non-hydrogen) atoms. The van der Waals surface area contributed by atoms with E-state index in [2.05, 4.69) is 19.1 Å². The van der Waals surface area contributed by atoms with E-state index in [1.807, 2.05) is 26.0 Å². The van der Waals surface area contributed by atoms with Crippen LogP contribution in [-0.2, 0) is 31.9 Å². The first-order valence-corrected chi connectivity index (χ1v) is 10.4. The van der Waals surface area contributed by atoms with Crippen molar-refractivity contribution in [3.63, 3.8) is 0 Å². The molecule has 0 saturated carbocycles. The van der Waals surface area contributed by atoms with Crippen LogP contribution in [0.5, 0.6) is 0 Å². The molecule has 0 aliphatic carbocycles. The monoisotopic (exact) mass is 392 g/mol. The van der Waals surface area contributed by atoms with E-state index in [1.165, 1.54) is 44.1 Å². The number of hydrogen-bond donors (Lipinski definition) is 0. The average molecular weight is 393 g/mol. The molecule has 0 spiro atoms. The van der Waals surface area contributed by atoms with E-state index in [-0.39, 0.29) is 7.43 Å². The highest BCUT2D eigenvalue weighted by Gasteiger charge is 2.42. The van der Waals surface area contributed by atoms with E-state index in [0.29, 0.717) is 6.42 Å². The zero-order chi connectivity index (χ0) is 20.3. The van der Waals surface area contributed by atoms with Gasteiger partial charge in [0.05, 0.1) is 0 Å². The number of benzene rings is 1. The van der Waals surface area contributed by atoms with Crippen LogP contribution >= 0.6 is 0 Å². The fourth-order valence-corrected chi connectivity index (χ4v) is 3.10. The number of unbranched alkanes of at least 4 members (excludes halogenated alkanes) is 5. The lowest BCUT2D eigenvalue weighted by Crippen LogP contribution is -2.46. The molecule has 0 radical (unpaired) electrons. The summed E-state index contributed by atoms with van der Waals surface area (Å²) in [5, 5.41) is 0. The zero-order valence-electron chi connectivity index (χ0n) is 17.7. The third-order valence-electron chi connectivity index (χ3n) is 4.54. The number of hydrogen-bond acceptors (Lipinski definition) is 4. The largest absolute Gasteiger partial charge is 0.422 e. The molecule has 0 N–H and O–H groups in total. The van der Waals surface area contributed by atoms with Gasteiger partial charge in [0.1, 0.15) is 0 Å². The van der Waals surface area contributed by atoms with Crippen LogP contribution in [0, 0.1) is 5.92 Å². The molecule has 1 saturated heterocycles. The van der Waals surface area contributed by atoms with Crippen molar-refractivity contribution in [1.82, 2.24) is 0 Å². The van der Waals surface area contributed by atoms with Gasteiger partial charge in [-0.25, -0.2) is 0 Å². The Balaban J connectivity index is 0.00000235. The molecule has 1 aromatic carbocycles. The minimum Gasteiger partial charge on any atom is -0.422 e. The Bertz CT molecular complexity index is 555. The Morgan fingerprint density at radius 3 is 1.82 bits per heavy atom. The maximum absolute atomic E-state index is 12.0. The number of carbonyl (C=O) groups excluding carboxylic acids is 2. The number of carbonyl (C=O) groups is 2. The zero-order valence-corrected chi connectivity index (χ0v) is 17.7. The summed E-state index contributed by atoms with van der Waals surface area (Å²) in [6.45, 7) is 9.36. The first-order valence-electron chi connectivity index (χ1n) is 10.4. The Morgan fingerprint density at radius 2 is 1.29 bits per heavy atom. The average Bonchev–Trinajstić information content (AvgIpc) is 2.63. The van der Waals surface area contributed by atoms with Gasteiger partial charge in [-0.2, -0.15) is 0 Å². The van der Waals surface area contributed by atoms with Crippen molar-refractivity contribution in [1.29, 1.82) is 0 Å². The highest BCUT2D eigenvalue weighted by molar-refractivity contribution is 5.96. The first-order chi connectivity index (χ1) is 12.9. The summed E-state index contributed by atoms with van der Waals surface area (Å²) < 4.78 is 10.3. The summed E-state index contributed by atoms with van der Waals surface area (Å²) >= 11 is 0. The molecule has 1 aliphatic rings. The molecule has 1 heterocycles. The van der Waals surface area contributed by atoms with E-state index >= 15 is 0 Å². The molecule has 0 amide bonds. The van der Waals surface area contributed by atoms with Crippen LogP contribution in [0.1, 0.15) is 91.7 Å². The molecule has 160 valence electrons. The smallest absolute Gasteiger partial charge is 0.323 e. The van der Waals surface area contributed by atoms with Crippen LogP contribution in [0.25, 0.3) is 0 Å². The number of ether oxygens (including phenoxy) is 2. The van der Waals surface area contributed by atoms with E-state index in [1.54, 1.807) is 13.8 Å². The number of cyclic esters (lactones) is 2. The molecule has 4 nitrogen and oxygen atoms in total. The van der Waals surface area contributed by atoms with Crippen LogP contribution in [-0.4, -0.2) is 17.7 Å². The minimum absolute atomic E-state index is 0. The number of esters is 2. The Kier molecular flexibility index (Phi) is 12.5. The van der Waals surface area contributed by atoms with Crippen molar-refractivity contribution in [3.8, 4) is 0 Å². The standard InChI is InChI=1S/C21H30O4.C2H6.CH4/c1-4-5-6-7-8-9-10-16-11-13-17(14-12-16)15-18-19(22)24-21(2,3)25-20(18)23;1-2;/h11-14,18H,4-10,15H2,1-3H3;1-2H3;1H4. The maximum atomic E-state index is 12.0. The number of aryl methyl sites for hydroxylation is 1. The second kappa shape index (κ2) is 13.4. The lowest BCUT2D eigenvalue weighted by atomic mass is 9.96. The first kappa shape index (κ1) is 26.2. The quantitative estimate of drug-likeness (QED) is 0.283. The Hall–Kier alpha value is -1.84. The SMILES string of the molecule is C.CC.CCCCCCCCc1ccc(CC2C(=O)OC(C)(C)OC2=O)cc1. The van der Waals surface area contributed by atoms with Crippen LogP contribution in [0.4, 0.5) is 0 Å². The van der Waals surface area contributed by atoms with Crippen LogP contribution in [0.3, 0.4) is 0 Å². The molecule has 0 atom stereocenters. The van der Waals surface area contributed by atoms with Gasteiger partial charge in [0.15, 0.2) is 5.92 Å². The second-order valence-corrected chi connectivity index (χ2v) is 7.33. The third kappa shape index (κ3) is 8.90. The summed E-state index contributed by atoms with van der Waals surface area (Å²) in [5.41, 5.74) is 2.25. The van der Waals surface area contributed by atoms with Crippen LogP contribution in [0.2, 0.25) is 0 Å². The molecule has 1 aliphatic heterocycles. The second-order valence-electron chi connectivity index (χ2n) is 7.33. The van der Waals surface area contributed by atoms with Gasteiger partial charge in [0.25, 0.3) is 5.79 Å². The molecule has 2 rings (SSSR count). The molecule has 0 unspecified atom stereocenters. The highest BCUT2D eigenvalue weighted by atomic mass is 16.7. The van der Waals surface area contributed by atoms with Crippen molar-refractivity contribution in [2.24, 2.45) is 5.92 Å². The summed E-state index contributed by atoms with van der Waals surface area (Å²) in [6.07, 6.45) is 9.14.